The Balaban J connectivity index is 3.15. The minimum absolute atomic E-state index is 0.0268. The van der Waals surface area contributed by atoms with Crippen LogP contribution in [-0.4, -0.2) is 47.7 Å². The highest BCUT2D eigenvalue weighted by molar-refractivity contribution is 7.17. The van der Waals surface area contributed by atoms with Crippen molar-refractivity contribution in [1.29, 1.82) is 0 Å². The predicted octanol–water partition coefficient (Wildman–Crippen LogP) is 6.01. The molecule has 1 aromatic heterocycles. The van der Waals surface area contributed by atoms with Gasteiger partial charge in [0.25, 0.3) is 11.1 Å². The second kappa shape index (κ2) is 17.7. The number of nitrogens with one attached hydrogen (secondary N) is 1. The highest BCUT2D eigenvalue weighted by atomic mass is 32.1. The number of rotatable bonds is 15. The van der Waals surface area contributed by atoms with Crippen LogP contribution in [0.3, 0.4) is 0 Å². The molecule has 2 N–H and O–H groups in total. The third-order valence-corrected chi connectivity index (χ3v) is 5.64. The van der Waals surface area contributed by atoms with Gasteiger partial charge in [0.05, 0.1) is 25.9 Å². The summed E-state index contributed by atoms with van der Waals surface area (Å²) in [4.78, 5) is 17.4. The van der Waals surface area contributed by atoms with Crippen molar-refractivity contribution in [3.63, 3.8) is 0 Å². The van der Waals surface area contributed by atoms with E-state index in [0.29, 0.717) is 25.0 Å². The van der Waals surface area contributed by atoms with Gasteiger partial charge in [-0.2, -0.15) is 0 Å². The van der Waals surface area contributed by atoms with Crippen LogP contribution in [0.25, 0.3) is 0 Å². The van der Waals surface area contributed by atoms with Gasteiger partial charge in [-0.1, -0.05) is 54.6 Å². The molecule has 200 valence electrons. The third-order valence-electron chi connectivity index (χ3n) is 4.88. The molecule has 0 spiro atoms. The number of aliphatic imine (C=N–C) groups is 1. The lowest BCUT2D eigenvalue weighted by Crippen LogP contribution is -2.18. The number of anilines is 1. The quantitative estimate of drug-likeness (QED) is 0.0946. The van der Waals surface area contributed by atoms with Crippen LogP contribution in [0.5, 0.6) is 5.19 Å². The van der Waals surface area contributed by atoms with E-state index < -0.39 is 11.7 Å². The van der Waals surface area contributed by atoms with Crippen LogP contribution in [-0.2, 0) is 9.53 Å². The molecule has 1 heterocycles. The smallest absolute Gasteiger partial charge is 0.295 e. The van der Waals surface area contributed by atoms with Crippen LogP contribution in [0.2, 0.25) is 0 Å². The van der Waals surface area contributed by atoms with E-state index in [9.17, 15) is 4.79 Å². The first kappa shape index (κ1) is 31.4. The molecular formula is C27H35FN4O4S. The third kappa shape index (κ3) is 10.5. The average Bonchev–Trinajstić information content (AvgIpc) is 3.35. The van der Waals surface area contributed by atoms with Crippen molar-refractivity contribution in [3.05, 3.63) is 83.1 Å². The van der Waals surface area contributed by atoms with Gasteiger partial charge in [-0.15, -0.1) is 5.10 Å². The second-order valence-electron chi connectivity index (χ2n) is 7.32. The fourth-order valence-electron chi connectivity index (χ4n) is 2.79. The number of hydrogen-bond acceptors (Lipinski definition) is 8. The predicted molar refractivity (Wildman–Crippen MR) is 148 cm³/mol. The number of allylic oxidation sites excluding steroid dienone is 6. The monoisotopic (exact) mass is 530 g/mol. The van der Waals surface area contributed by atoms with Gasteiger partial charge in [-0.3, -0.25) is 15.1 Å². The highest BCUT2D eigenvalue weighted by Gasteiger charge is 2.24. The van der Waals surface area contributed by atoms with Crippen molar-refractivity contribution >= 4 is 28.6 Å². The topological polar surface area (TPSA) is 106 Å². The first-order valence-corrected chi connectivity index (χ1v) is 12.5. The molecule has 0 unspecified atom stereocenters. The molecule has 0 radical (unpaired) electrons. The van der Waals surface area contributed by atoms with E-state index in [-0.39, 0.29) is 33.8 Å². The SMILES string of the molecule is C=C\C=C/C(OC)=C(F)/C(=C/N=CC)C(/C(=O)Nc1nnc(OCC/C=C\C(=C/C)CO)s1)=C(\C)CC. The molecule has 37 heavy (non-hydrogen) atoms. The zero-order valence-electron chi connectivity index (χ0n) is 22.0. The van der Waals surface area contributed by atoms with Crippen LogP contribution in [0, 0.1) is 0 Å². The molecule has 10 heteroatoms. The van der Waals surface area contributed by atoms with Crippen molar-refractivity contribution in [2.45, 2.75) is 40.5 Å². The molecule has 0 bridgehead atoms. The van der Waals surface area contributed by atoms with Gasteiger partial charge in [0, 0.05) is 18.0 Å². The molecule has 1 aromatic rings. The van der Waals surface area contributed by atoms with Crippen LogP contribution < -0.4 is 10.1 Å². The maximum Gasteiger partial charge on any atom is 0.295 e. The minimum Gasteiger partial charge on any atom is -0.494 e. The number of nitrogens with zero attached hydrogens (tertiary/aromatic N) is 3. The van der Waals surface area contributed by atoms with E-state index in [1.165, 1.54) is 37.8 Å². The molecule has 0 aliphatic heterocycles. The second-order valence-corrected chi connectivity index (χ2v) is 8.26. The maximum absolute atomic E-state index is 15.6. The van der Waals surface area contributed by atoms with Crippen molar-refractivity contribution in [2.75, 3.05) is 25.6 Å². The van der Waals surface area contributed by atoms with Gasteiger partial charge < -0.3 is 14.6 Å². The standard InChI is InChI=1S/C27H35FN4O4S/c1-7-11-15-22(35-6)24(28)21(17-29-10-4)23(19(5)8-2)25(34)30-26-31-32-27(37-26)36-16-13-12-14-20(9-3)18-33/h7,9-12,14-15,17,33H,1,8,13,16,18H2,2-6H3,(H,30,31,34)/b14-12-,15-11-,20-9+,21-17+,23-19-,24-22+,29-10?. The van der Waals surface area contributed by atoms with E-state index in [2.05, 4.69) is 27.1 Å². The summed E-state index contributed by atoms with van der Waals surface area (Å²) in [6.45, 7) is 11.0. The summed E-state index contributed by atoms with van der Waals surface area (Å²) in [5, 5.41) is 20.2. The van der Waals surface area contributed by atoms with E-state index in [0.717, 1.165) is 16.9 Å². The Morgan fingerprint density at radius 1 is 1.30 bits per heavy atom. The Morgan fingerprint density at radius 2 is 2.05 bits per heavy atom. The molecule has 0 aromatic carbocycles. The number of halogens is 1. The fourth-order valence-corrected chi connectivity index (χ4v) is 3.40. The van der Waals surface area contributed by atoms with E-state index >= 15 is 4.39 Å². The van der Waals surface area contributed by atoms with Crippen LogP contribution in [0.15, 0.2) is 88.1 Å². The Kier molecular flexibility index (Phi) is 15.1. The van der Waals surface area contributed by atoms with Gasteiger partial charge in [0.1, 0.15) is 0 Å². The molecule has 0 saturated carbocycles. The molecule has 0 saturated heterocycles. The van der Waals surface area contributed by atoms with Gasteiger partial charge >= 0.3 is 0 Å². The van der Waals surface area contributed by atoms with E-state index in [1.54, 1.807) is 13.8 Å². The number of hydrogen-bond donors (Lipinski definition) is 2. The van der Waals surface area contributed by atoms with Gasteiger partial charge in [-0.05, 0) is 56.6 Å². The van der Waals surface area contributed by atoms with Crippen LogP contribution >= 0.6 is 11.3 Å². The lowest BCUT2D eigenvalue weighted by molar-refractivity contribution is -0.112. The number of ether oxygens (including phenoxy) is 2. The maximum atomic E-state index is 15.6. The summed E-state index contributed by atoms with van der Waals surface area (Å²) >= 11 is 1.05. The van der Waals surface area contributed by atoms with E-state index in [4.69, 9.17) is 14.6 Å². The van der Waals surface area contributed by atoms with Crippen molar-refractivity contribution < 1.29 is 23.8 Å². The minimum atomic E-state index is -0.749. The van der Waals surface area contributed by atoms with Crippen molar-refractivity contribution in [2.24, 2.45) is 4.99 Å². The highest BCUT2D eigenvalue weighted by Crippen LogP contribution is 2.30. The van der Waals surface area contributed by atoms with Crippen molar-refractivity contribution in [1.82, 2.24) is 10.2 Å². The Hall–Kier alpha value is -3.63. The zero-order valence-corrected chi connectivity index (χ0v) is 22.8. The summed E-state index contributed by atoms with van der Waals surface area (Å²) in [6, 6.07) is 0. The molecule has 8 nitrogen and oxygen atoms in total. The first-order chi connectivity index (χ1) is 17.9. The average molecular weight is 531 g/mol. The van der Waals surface area contributed by atoms with Crippen LogP contribution in [0.1, 0.15) is 40.5 Å². The van der Waals surface area contributed by atoms with Gasteiger partial charge in [-0.25, -0.2) is 4.39 Å². The number of amides is 1. The summed E-state index contributed by atoms with van der Waals surface area (Å²) < 4.78 is 26.3. The lowest BCUT2D eigenvalue weighted by atomic mass is 9.97. The number of carbonyl (C=O) groups excluding carboxylic acids is 1. The number of carbonyl (C=O) groups is 1. The van der Waals surface area contributed by atoms with E-state index in [1.807, 2.05) is 32.1 Å². The normalized spacial score (nSPS) is 14.2. The Morgan fingerprint density at radius 3 is 2.65 bits per heavy atom. The zero-order chi connectivity index (χ0) is 27.6. The molecule has 0 aliphatic carbocycles. The molecular weight excluding hydrogens is 495 g/mol. The van der Waals surface area contributed by atoms with Crippen molar-refractivity contribution in [3.8, 4) is 5.19 Å². The number of aliphatic hydroxyl groups is 1. The Labute approximate surface area is 222 Å². The molecule has 1 rings (SSSR count). The number of aliphatic hydroxyl groups excluding tert-OH is 1. The Bertz CT molecular complexity index is 1130. The molecule has 0 aliphatic rings. The van der Waals surface area contributed by atoms with Gasteiger partial charge in [0.15, 0.2) is 11.6 Å². The van der Waals surface area contributed by atoms with Crippen LogP contribution in [0.4, 0.5) is 9.52 Å². The summed E-state index contributed by atoms with van der Waals surface area (Å²) in [7, 11) is 1.34. The summed E-state index contributed by atoms with van der Waals surface area (Å²) in [5.74, 6) is -1.39. The molecule has 0 fully saturated rings. The number of methoxy groups -OCH3 is 1. The summed E-state index contributed by atoms with van der Waals surface area (Å²) in [5.41, 5.74) is 1.53. The molecule has 0 atom stereocenters. The number of aromatic nitrogens is 2. The summed E-state index contributed by atoms with van der Waals surface area (Å²) in [6.07, 6.45) is 13.8. The molecule has 1 amide bonds. The lowest BCUT2D eigenvalue weighted by Gasteiger charge is -2.14. The first-order valence-electron chi connectivity index (χ1n) is 11.7. The fraction of sp³-hybridized carbons (Fsp3) is 0.333. The largest absolute Gasteiger partial charge is 0.494 e. The van der Waals surface area contributed by atoms with Gasteiger partial charge in [0.2, 0.25) is 5.13 Å².